The molecule has 148 valence electrons. The van der Waals surface area contributed by atoms with Gasteiger partial charge in [-0.25, -0.2) is 0 Å². The van der Waals surface area contributed by atoms with Gasteiger partial charge >= 0.3 is 0 Å². The summed E-state index contributed by atoms with van der Waals surface area (Å²) >= 11 is 0. The third-order valence-electron chi connectivity index (χ3n) is 9.92. The Morgan fingerprint density at radius 2 is 1.81 bits per heavy atom. The molecule has 7 rings (SSSR count). The monoisotopic (exact) mass is 376 g/mol. The summed E-state index contributed by atoms with van der Waals surface area (Å²) in [5.74, 6) is -3.63. The number of carbonyl (C=O) groups excluding carboxylic acids is 1. The Kier molecular flexibility index (Phi) is 2.67. The molecule has 0 aromatic carbocycles. The van der Waals surface area contributed by atoms with E-state index in [1.807, 2.05) is 0 Å². The zero-order valence-corrected chi connectivity index (χ0v) is 15.8. The van der Waals surface area contributed by atoms with E-state index in [9.17, 15) is 25.2 Å². The zero-order chi connectivity index (χ0) is 19.4. The summed E-state index contributed by atoms with van der Waals surface area (Å²) in [7, 11) is 0. The molecule has 7 fully saturated rings. The Labute approximate surface area is 158 Å². The fourth-order valence-electron chi connectivity index (χ4n) is 9.04. The largest absolute Gasteiger partial charge is 0.392 e. The van der Waals surface area contributed by atoms with Crippen molar-refractivity contribution < 1.29 is 30.0 Å². The van der Waals surface area contributed by atoms with E-state index in [1.165, 1.54) is 0 Å². The van der Waals surface area contributed by atoms with Crippen LogP contribution in [0.15, 0.2) is 12.2 Å². The van der Waals surface area contributed by atoms with Crippen molar-refractivity contribution in [2.75, 3.05) is 6.61 Å². The van der Waals surface area contributed by atoms with Gasteiger partial charge < -0.3 is 25.2 Å². The van der Waals surface area contributed by atoms with Crippen LogP contribution < -0.4 is 0 Å². The number of carbonyl (C=O) groups is 1. The summed E-state index contributed by atoms with van der Waals surface area (Å²) < 4.78 is 5.90. The van der Waals surface area contributed by atoms with Crippen molar-refractivity contribution in [3.8, 4) is 0 Å². The molecule has 7 aliphatic rings. The van der Waals surface area contributed by atoms with Crippen LogP contribution in [-0.4, -0.2) is 56.4 Å². The highest BCUT2D eigenvalue weighted by Gasteiger charge is 2.95. The van der Waals surface area contributed by atoms with Crippen LogP contribution in [0.1, 0.15) is 39.5 Å². The molecule has 0 amide bonds. The maximum absolute atomic E-state index is 13.5. The molecule has 10 atom stereocenters. The van der Waals surface area contributed by atoms with Gasteiger partial charge in [-0.2, -0.15) is 0 Å². The van der Waals surface area contributed by atoms with Crippen molar-refractivity contribution in [3.05, 3.63) is 12.2 Å². The highest BCUT2D eigenvalue weighted by Crippen LogP contribution is 2.84. The molecule has 1 unspecified atom stereocenters. The number of hydrogen-bond donors (Lipinski definition) is 4. The number of aliphatic hydroxyl groups excluding tert-OH is 2. The highest BCUT2D eigenvalue weighted by atomic mass is 16.6. The lowest BCUT2D eigenvalue weighted by molar-refractivity contribution is -0.483. The predicted molar refractivity (Wildman–Crippen MR) is 93.1 cm³/mol. The van der Waals surface area contributed by atoms with Crippen LogP contribution in [0.5, 0.6) is 0 Å². The van der Waals surface area contributed by atoms with Crippen LogP contribution in [0.2, 0.25) is 0 Å². The minimum absolute atomic E-state index is 0.0354. The average molecular weight is 376 g/mol. The third kappa shape index (κ3) is 1.25. The van der Waals surface area contributed by atoms with E-state index >= 15 is 0 Å². The Balaban J connectivity index is 1.62. The van der Waals surface area contributed by atoms with E-state index in [0.717, 1.165) is 12.8 Å². The lowest BCUT2D eigenvalue weighted by Gasteiger charge is -2.84. The molecule has 0 radical (unpaired) electrons. The molecule has 6 heteroatoms. The lowest BCUT2D eigenvalue weighted by atomic mass is 9.21. The predicted octanol–water partition coefficient (Wildman–Crippen LogP) is 0.376. The van der Waals surface area contributed by atoms with Crippen molar-refractivity contribution in [3.63, 3.8) is 0 Å². The Morgan fingerprint density at radius 3 is 2.52 bits per heavy atom. The molecule has 5 aliphatic carbocycles. The van der Waals surface area contributed by atoms with Crippen LogP contribution >= 0.6 is 0 Å². The van der Waals surface area contributed by atoms with Crippen LogP contribution in [0.3, 0.4) is 0 Å². The molecule has 2 spiro atoms. The molecule has 2 aliphatic heterocycles. The summed E-state index contributed by atoms with van der Waals surface area (Å²) in [6.45, 7) is 8.22. The lowest BCUT2D eigenvalue weighted by Crippen LogP contribution is -2.96. The van der Waals surface area contributed by atoms with Crippen molar-refractivity contribution in [2.24, 2.45) is 39.9 Å². The SMILES string of the molecule is C=C1[C@@H]2CC[C@H]3[C@@]45COC(O)([C@@H](O)[C@@H]4C(C)(C)CC[C@@H]5O)[C@]34C(=O)[C@@]1(O)[C@H]24. The van der Waals surface area contributed by atoms with Crippen LogP contribution in [0.4, 0.5) is 0 Å². The Morgan fingerprint density at radius 1 is 1.11 bits per heavy atom. The molecule has 2 saturated heterocycles. The second kappa shape index (κ2) is 4.21. The van der Waals surface area contributed by atoms with Gasteiger partial charge in [-0.3, -0.25) is 4.79 Å². The molecule has 2 heterocycles. The minimum atomic E-state index is -2.01. The number of hydrogen-bond acceptors (Lipinski definition) is 6. The van der Waals surface area contributed by atoms with E-state index in [4.69, 9.17) is 4.74 Å². The minimum Gasteiger partial charge on any atom is -0.392 e. The van der Waals surface area contributed by atoms with Crippen molar-refractivity contribution in [2.45, 2.75) is 63.1 Å². The summed E-state index contributed by atoms with van der Waals surface area (Å²) in [5.41, 5.74) is -3.46. The second-order valence-electron chi connectivity index (χ2n) is 10.8. The van der Waals surface area contributed by atoms with E-state index in [2.05, 4.69) is 20.4 Å². The van der Waals surface area contributed by atoms with Gasteiger partial charge in [0.2, 0.25) is 5.79 Å². The van der Waals surface area contributed by atoms with Crippen LogP contribution in [-0.2, 0) is 9.53 Å². The van der Waals surface area contributed by atoms with Crippen molar-refractivity contribution in [1.82, 2.24) is 0 Å². The van der Waals surface area contributed by atoms with Gasteiger partial charge in [-0.15, -0.1) is 0 Å². The van der Waals surface area contributed by atoms with Gasteiger partial charge in [0.25, 0.3) is 0 Å². The fraction of sp³-hybridized carbons (Fsp3) is 0.857. The quantitative estimate of drug-likeness (QED) is 0.455. The highest BCUT2D eigenvalue weighted by molar-refractivity contribution is 6.07. The third-order valence-corrected chi connectivity index (χ3v) is 9.92. The fourth-order valence-corrected chi connectivity index (χ4v) is 9.04. The van der Waals surface area contributed by atoms with Gasteiger partial charge in [-0.05, 0) is 48.5 Å². The topological polar surface area (TPSA) is 107 Å². The van der Waals surface area contributed by atoms with Gasteiger partial charge in [0, 0.05) is 17.3 Å². The number of ether oxygens (including phenoxy) is 1. The normalized spacial score (nSPS) is 64.8. The maximum Gasteiger partial charge on any atom is 0.206 e. The summed E-state index contributed by atoms with van der Waals surface area (Å²) in [4.78, 5) is 13.5. The molecule has 0 aromatic rings. The molecule has 27 heavy (non-hydrogen) atoms. The zero-order valence-electron chi connectivity index (χ0n) is 15.8. The van der Waals surface area contributed by atoms with Crippen LogP contribution in [0.25, 0.3) is 0 Å². The molecule has 6 nitrogen and oxygen atoms in total. The first-order valence-corrected chi connectivity index (χ1v) is 10.2. The number of aliphatic hydroxyl groups is 4. The molecule has 5 saturated carbocycles. The van der Waals surface area contributed by atoms with E-state index in [0.29, 0.717) is 18.4 Å². The first kappa shape index (κ1) is 17.1. The maximum atomic E-state index is 13.5. The van der Waals surface area contributed by atoms with Crippen molar-refractivity contribution >= 4 is 5.78 Å². The van der Waals surface area contributed by atoms with Gasteiger partial charge in [0.15, 0.2) is 5.78 Å². The second-order valence-corrected chi connectivity index (χ2v) is 10.8. The summed E-state index contributed by atoms with van der Waals surface area (Å²) in [5, 5.41) is 45.3. The number of fused-ring (bicyclic) bond motifs is 1. The molecule has 0 aromatic heterocycles. The van der Waals surface area contributed by atoms with Gasteiger partial charge in [-0.1, -0.05) is 20.4 Å². The Bertz CT molecular complexity index is 806. The molecular weight excluding hydrogens is 348 g/mol. The smallest absolute Gasteiger partial charge is 0.206 e. The van der Waals surface area contributed by atoms with E-state index in [1.54, 1.807) is 0 Å². The Hall–Kier alpha value is -0.790. The standard InChI is InChI=1S/C21H28O6/c1-9-10-4-5-11-18-8-27-21(26,19(11)13(10)20(9,25)16(19)24)15(23)14(18)17(2,3)7-6-12(18)22/h10-15,22-23,25-26H,1,4-8H2,2-3H3/t10-,11-,12-,13+,14+,15-,18+,19+,20-,21?/m0/s1. The number of ketones is 1. The number of rotatable bonds is 0. The van der Waals surface area contributed by atoms with E-state index in [-0.39, 0.29) is 29.8 Å². The first-order valence-electron chi connectivity index (χ1n) is 10.2. The molecular formula is C21H28O6. The number of Topliss-reactive ketones (excluding diaryl/α,β-unsaturated/α-hetero) is 1. The summed E-state index contributed by atoms with van der Waals surface area (Å²) in [6.07, 6.45) is 0.827. The average Bonchev–Trinajstić information content (AvgIpc) is 2.64. The first-order chi connectivity index (χ1) is 12.5. The van der Waals surface area contributed by atoms with Crippen molar-refractivity contribution in [1.29, 1.82) is 0 Å². The van der Waals surface area contributed by atoms with Crippen LogP contribution in [0, 0.1) is 39.9 Å². The van der Waals surface area contributed by atoms with Gasteiger partial charge in [0.05, 0.1) is 18.1 Å². The van der Waals surface area contributed by atoms with Gasteiger partial charge in [0.1, 0.15) is 11.7 Å². The molecule has 4 N–H and O–H groups in total. The summed E-state index contributed by atoms with van der Waals surface area (Å²) in [6, 6.07) is 0. The van der Waals surface area contributed by atoms with E-state index < -0.39 is 46.1 Å². The molecule has 2 bridgehead atoms.